The van der Waals surface area contributed by atoms with Gasteiger partial charge in [-0.1, -0.05) is 35.0 Å². The van der Waals surface area contributed by atoms with Crippen LogP contribution in [0.5, 0.6) is 11.5 Å². The summed E-state index contributed by atoms with van der Waals surface area (Å²) in [5.74, 6) is 1.21. The fourth-order valence-corrected chi connectivity index (χ4v) is 2.81. The summed E-state index contributed by atoms with van der Waals surface area (Å²) in [4.78, 5) is 17.6. The number of nitrogens with one attached hydrogen (secondary N) is 1. The number of hydrogen-bond donors (Lipinski definition) is 1. The largest absolute Gasteiger partial charge is 0.454 e. The Morgan fingerprint density at radius 3 is 2.80 bits per heavy atom. The molecule has 0 fully saturated rings. The van der Waals surface area contributed by atoms with Gasteiger partial charge in [-0.05, 0) is 35.4 Å². The minimum atomic E-state index is -0.625. The van der Waals surface area contributed by atoms with Gasteiger partial charge < -0.3 is 19.6 Å². The molecule has 2 aliphatic heterocycles. The molecule has 2 aromatic carbocycles. The lowest BCUT2D eigenvalue weighted by molar-refractivity contribution is -0.131. The standard InChI is InChI=1S/C18H15ClN2O4/c19-13-4-2-12(3-5-13)14-8-17(25-21-14)18(22)20-9-11-1-6-15-16(7-11)24-10-23-15/h1-7,17H,8-10H2,(H,20,22)/t17-/m0/s1. The van der Waals surface area contributed by atoms with E-state index in [9.17, 15) is 4.79 Å². The van der Waals surface area contributed by atoms with Crippen molar-refractivity contribution in [1.29, 1.82) is 0 Å². The van der Waals surface area contributed by atoms with E-state index in [2.05, 4.69) is 10.5 Å². The molecule has 128 valence electrons. The summed E-state index contributed by atoms with van der Waals surface area (Å²) in [6.07, 6.45) is -0.200. The predicted octanol–water partition coefficient (Wildman–Crippen LogP) is 2.88. The number of amides is 1. The second kappa shape index (κ2) is 6.64. The molecule has 0 bridgehead atoms. The van der Waals surface area contributed by atoms with Crippen LogP contribution in [0.4, 0.5) is 0 Å². The molecule has 1 N–H and O–H groups in total. The maximum atomic E-state index is 12.3. The van der Waals surface area contributed by atoms with Gasteiger partial charge in [0.2, 0.25) is 12.9 Å². The number of rotatable bonds is 4. The molecule has 2 aromatic rings. The smallest absolute Gasteiger partial charge is 0.264 e. The van der Waals surface area contributed by atoms with E-state index in [0.29, 0.717) is 23.7 Å². The molecule has 0 radical (unpaired) electrons. The number of benzene rings is 2. The van der Waals surface area contributed by atoms with Gasteiger partial charge in [-0.2, -0.15) is 0 Å². The molecule has 25 heavy (non-hydrogen) atoms. The van der Waals surface area contributed by atoms with Crippen LogP contribution in [0, 0.1) is 0 Å². The Kier molecular flexibility index (Phi) is 4.19. The Labute approximate surface area is 149 Å². The number of ether oxygens (including phenoxy) is 2. The Bertz CT molecular complexity index is 835. The van der Waals surface area contributed by atoms with Gasteiger partial charge in [0.25, 0.3) is 5.91 Å². The summed E-state index contributed by atoms with van der Waals surface area (Å²) in [5.41, 5.74) is 2.56. The lowest BCUT2D eigenvalue weighted by Gasteiger charge is -2.10. The molecule has 0 aromatic heterocycles. The minimum Gasteiger partial charge on any atom is -0.454 e. The molecule has 0 spiro atoms. The third-order valence-electron chi connectivity index (χ3n) is 4.04. The van der Waals surface area contributed by atoms with Crippen LogP contribution < -0.4 is 14.8 Å². The lowest BCUT2D eigenvalue weighted by Crippen LogP contribution is -2.34. The molecule has 4 rings (SSSR count). The molecular formula is C18H15ClN2O4. The van der Waals surface area contributed by atoms with Crippen LogP contribution in [0.3, 0.4) is 0 Å². The summed E-state index contributed by atoms with van der Waals surface area (Å²) >= 11 is 5.88. The second-order valence-electron chi connectivity index (χ2n) is 5.75. The van der Waals surface area contributed by atoms with Gasteiger partial charge in [0, 0.05) is 18.0 Å². The number of carbonyl (C=O) groups excluding carboxylic acids is 1. The van der Waals surface area contributed by atoms with E-state index < -0.39 is 6.10 Å². The first-order valence-corrected chi connectivity index (χ1v) is 8.22. The van der Waals surface area contributed by atoms with Crippen molar-refractivity contribution >= 4 is 23.2 Å². The second-order valence-corrected chi connectivity index (χ2v) is 6.18. The number of fused-ring (bicyclic) bond motifs is 1. The average molecular weight is 359 g/mol. The van der Waals surface area contributed by atoms with Crippen LogP contribution in [-0.2, 0) is 16.2 Å². The summed E-state index contributed by atoms with van der Waals surface area (Å²) in [6.45, 7) is 0.609. The lowest BCUT2D eigenvalue weighted by atomic mass is 10.0. The molecule has 0 saturated carbocycles. The van der Waals surface area contributed by atoms with E-state index in [-0.39, 0.29) is 12.7 Å². The highest BCUT2D eigenvalue weighted by molar-refractivity contribution is 6.30. The van der Waals surface area contributed by atoms with Crippen molar-refractivity contribution in [1.82, 2.24) is 5.32 Å². The van der Waals surface area contributed by atoms with Gasteiger partial charge in [0.15, 0.2) is 11.5 Å². The van der Waals surface area contributed by atoms with Crippen molar-refractivity contribution in [3.05, 3.63) is 58.6 Å². The number of carbonyl (C=O) groups is 1. The van der Waals surface area contributed by atoms with Crippen LogP contribution in [0.15, 0.2) is 47.6 Å². The van der Waals surface area contributed by atoms with E-state index in [1.54, 1.807) is 12.1 Å². The summed E-state index contributed by atoms with van der Waals surface area (Å²) in [5, 5.41) is 7.53. The van der Waals surface area contributed by atoms with Crippen molar-refractivity contribution in [2.24, 2.45) is 5.16 Å². The Morgan fingerprint density at radius 1 is 1.16 bits per heavy atom. The van der Waals surface area contributed by atoms with Crippen LogP contribution >= 0.6 is 11.6 Å². The summed E-state index contributed by atoms with van der Waals surface area (Å²) in [7, 11) is 0. The first kappa shape index (κ1) is 15.8. The van der Waals surface area contributed by atoms with Crippen molar-refractivity contribution in [2.45, 2.75) is 19.1 Å². The van der Waals surface area contributed by atoms with Crippen molar-refractivity contribution in [2.75, 3.05) is 6.79 Å². The zero-order chi connectivity index (χ0) is 17.2. The van der Waals surface area contributed by atoms with Crippen molar-refractivity contribution < 1.29 is 19.1 Å². The molecule has 1 atom stereocenters. The Balaban J connectivity index is 1.33. The molecule has 1 amide bonds. The van der Waals surface area contributed by atoms with Gasteiger partial charge in [0.05, 0.1) is 5.71 Å². The summed E-state index contributed by atoms with van der Waals surface area (Å²) in [6, 6.07) is 12.9. The molecule has 0 aliphatic carbocycles. The third kappa shape index (κ3) is 3.39. The van der Waals surface area contributed by atoms with E-state index in [1.807, 2.05) is 30.3 Å². The molecular weight excluding hydrogens is 344 g/mol. The highest BCUT2D eigenvalue weighted by atomic mass is 35.5. The van der Waals surface area contributed by atoms with Crippen LogP contribution in [-0.4, -0.2) is 24.5 Å². The first-order chi connectivity index (χ1) is 12.2. The number of oxime groups is 1. The molecule has 2 aliphatic rings. The maximum Gasteiger partial charge on any atom is 0.264 e. The van der Waals surface area contributed by atoms with Gasteiger partial charge in [-0.3, -0.25) is 4.79 Å². The van der Waals surface area contributed by atoms with E-state index in [0.717, 1.165) is 22.6 Å². The van der Waals surface area contributed by atoms with E-state index in [1.165, 1.54) is 0 Å². The summed E-state index contributed by atoms with van der Waals surface area (Å²) < 4.78 is 10.6. The maximum absolute atomic E-state index is 12.3. The molecule has 0 saturated heterocycles. The van der Waals surface area contributed by atoms with Crippen LogP contribution in [0.25, 0.3) is 0 Å². The molecule has 6 nitrogen and oxygen atoms in total. The van der Waals surface area contributed by atoms with Gasteiger partial charge in [-0.25, -0.2) is 0 Å². The SMILES string of the molecule is O=C(NCc1ccc2c(c1)OCO2)[C@@H]1CC(c2ccc(Cl)cc2)=NO1. The predicted molar refractivity (Wildman–Crippen MR) is 91.9 cm³/mol. The van der Waals surface area contributed by atoms with Crippen molar-refractivity contribution in [3.8, 4) is 11.5 Å². The molecule has 0 unspecified atom stereocenters. The fourth-order valence-electron chi connectivity index (χ4n) is 2.68. The van der Waals surface area contributed by atoms with Crippen LogP contribution in [0.1, 0.15) is 17.5 Å². The van der Waals surface area contributed by atoms with E-state index in [4.69, 9.17) is 25.9 Å². The monoisotopic (exact) mass is 358 g/mol. The van der Waals surface area contributed by atoms with E-state index >= 15 is 0 Å². The van der Waals surface area contributed by atoms with Crippen LogP contribution in [0.2, 0.25) is 5.02 Å². The number of halogens is 1. The highest BCUT2D eigenvalue weighted by Gasteiger charge is 2.28. The Morgan fingerprint density at radius 2 is 1.96 bits per heavy atom. The quantitative estimate of drug-likeness (QED) is 0.912. The zero-order valence-corrected chi connectivity index (χ0v) is 14.0. The topological polar surface area (TPSA) is 69.2 Å². The molecule has 7 heteroatoms. The van der Waals surface area contributed by atoms with Gasteiger partial charge in [-0.15, -0.1) is 0 Å². The molecule has 2 heterocycles. The normalized spacial score (nSPS) is 17.8. The fraction of sp³-hybridized carbons (Fsp3) is 0.222. The first-order valence-electron chi connectivity index (χ1n) is 7.84. The number of nitrogens with zero attached hydrogens (tertiary/aromatic N) is 1. The zero-order valence-electron chi connectivity index (χ0n) is 13.2. The van der Waals surface area contributed by atoms with Crippen molar-refractivity contribution in [3.63, 3.8) is 0 Å². The third-order valence-corrected chi connectivity index (χ3v) is 4.29. The number of hydrogen-bond acceptors (Lipinski definition) is 5. The minimum absolute atomic E-state index is 0.203. The van der Waals surface area contributed by atoms with Gasteiger partial charge in [0.1, 0.15) is 0 Å². The van der Waals surface area contributed by atoms with Gasteiger partial charge >= 0.3 is 0 Å². The average Bonchev–Trinajstić information content (AvgIpc) is 3.29. The highest BCUT2D eigenvalue weighted by Crippen LogP contribution is 2.32. The Hall–Kier alpha value is -2.73.